The first-order valence-corrected chi connectivity index (χ1v) is 12.4. The van der Waals surface area contributed by atoms with Crippen molar-refractivity contribution >= 4 is 11.6 Å². The largest absolute Gasteiger partial charge is 0.340 e. The van der Waals surface area contributed by atoms with Gasteiger partial charge in [-0.1, -0.05) is 44.2 Å². The van der Waals surface area contributed by atoms with Gasteiger partial charge in [-0.2, -0.15) is 5.26 Å². The maximum Gasteiger partial charge on any atom is 0.211 e. The molecule has 1 saturated heterocycles. The molecule has 0 amide bonds. The average Bonchev–Trinajstić information content (AvgIpc) is 3.49. The second-order valence-electron chi connectivity index (χ2n) is 9.88. The molecule has 0 spiro atoms. The highest BCUT2D eigenvalue weighted by Crippen LogP contribution is 2.40. The molecule has 1 aliphatic heterocycles. The first kappa shape index (κ1) is 21.9. The van der Waals surface area contributed by atoms with Crippen molar-refractivity contribution in [2.24, 2.45) is 0 Å². The van der Waals surface area contributed by atoms with Crippen LogP contribution in [0.1, 0.15) is 68.4 Å². The predicted molar refractivity (Wildman–Crippen MR) is 133 cm³/mol. The molecular formula is C27H34N6. The molecule has 1 aliphatic carbocycles. The van der Waals surface area contributed by atoms with Gasteiger partial charge in [0.2, 0.25) is 5.95 Å². The maximum absolute atomic E-state index is 9.30. The third-order valence-electron chi connectivity index (χ3n) is 7.54. The molecule has 0 bridgehead atoms. The molecule has 1 atom stereocenters. The smallest absolute Gasteiger partial charge is 0.211 e. The molecule has 3 heterocycles. The van der Waals surface area contributed by atoms with E-state index in [0.29, 0.717) is 17.5 Å². The van der Waals surface area contributed by atoms with Crippen molar-refractivity contribution in [1.29, 1.82) is 5.26 Å². The second-order valence-corrected chi connectivity index (χ2v) is 9.88. The number of nitrogens with zero attached hydrogens (tertiary/aromatic N) is 6. The Bertz CT molecular complexity index is 1130. The Hall–Kier alpha value is -2.91. The van der Waals surface area contributed by atoms with Crippen LogP contribution in [0.2, 0.25) is 0 Å². The number of rotatable bonds is 4. The molecule has 2 fully saturated rings. The van der Waals surface area contributed by atoms with Crippen LogP contribution < -0.4 is 4.90 Å². The Balaban J connectivity index is 1.66. The van der Waals surface area contributed by atoms with Crippen molar-refractivity contribution in [3.05, 3.63) is 47.8 Å². The van der Waals surface area contributed by atoms with Gasteiger partial charge in [0.1, 0.15) is 5.65 Å². The topological polar surface area (TPSA) is 60.5 Å². The molecule has 0 radical (unpaired) electrons. The summed E-state index contributed by atoms with van der Waals surface area (Å²) in [4.78, 5) is 15.0. The summed E-state index contributed by atoms with van der Waals surface area (Å²) in [6.45, 7) is 1.97. The zero-order valence-corrected chi connectivity index (χ0v) is 19.9. The highest BCUT2D eigenvalue weighted by molar-refractivity contribution is 5.74. The zero-order chi connectivity index (χ0) is 22.8. The third-order valence-corrected chi connectivity index (χ3v) is 7.54. The number of hydrogen-bond donors (Lipinski definition) is 0. The van der Waals surface area contributed by atoms with E-state index in [1.165, 1.54) is 50.5 Å². The van der Waals surface area contributed by atoms with Crippen molar-refractivity contribution in [2.75, 3.05) is 32.1 Å². The van der Waals surface area contributed by atoms with Gasteiger partial charge in [-0.05, 0) is 51.4 Å². The summed E-state index contributed by atoms with van der Waals surface area (Å²) in [5, 5.41) is 9.30. The second kappa shape index (κ2) is 9.52. The van der Waals surface area contributed by atoms with Crippen molar-refractivity contribution in [2.45, 2.75) is 63.3 Å². The van der Waals surface area contributed by atoms with Crippen molar-refractivity contribution in [3.63, 3.8) is 0 Å². The number of anilines is 1. The molecule has 3 aromatic rings. The monoisotopic (exact) mass is 442 g/mol. The lowest BCUT2D eigenvalue weighted by molar-refractivity contribution is 0.315. The Morgan fingerprint density at radius 1 is 1.00 bits per heavy atom. The molecule has 2 aromatic heterocycles. The van der Waals surface area contributed by atoms with Crippen molar-refractivity contribution < 1.29 is 0 Å². The maximum atomic E-state index is 9.30. The molecule has 6 heteroatoms. The summed E-state index contributed by atoms with van der Waals surface area (Å²) in [5.74, 6) is 1.45. The summed E-state index contributed by atoms with van der Waals surface area (Å²) in [6, 6.07) is 10.7. The summed E-state index contributed by atoms with van der Waals surface area (Å²) in [7, 11) is 4.32. The Labute approximate surface area is 196 Å². The first-order chi connectivity index (χ1) is 16.2. The first-order valence-electron chi connectivity index (χ1n) is 12.4. The molecular weight excluding hydrogens is 408 g/mol. The summed E-state index contributed by atoms with van der Waals surface area (Å²) in [5.41, 5.74) is 5.16. The molecule has 1 saturated carbocycles. The molecule has 5 rings (SSSR count). The Morgan fingerprint density at radius 3 is 2.39 bits per heavy atom. The SMILES string of the molecule is CN(C)[C@@H]1CCN(c2nc(-c3ccc(C#N)cc3)c(C3CCCCCCC3)c3nccn23)C1. The van der Waals surface area contributed by atoms with Gasteiger partial charge in [0.25, 0.3) is 0 Å². The van der Waals surface area contributed by atoms with Gasteiger partial charge in [0.15, 0.2) is 0 Å². The lowest BCUT2D eigenvalue weighted by Gasteiger charge is -2.26. The third kappa shape index (κ3) is 4.35. The summed E-state index contributed by atoms with van der Waals surface area (Å²) >= 11 is 0. The highest BCUT2D eigenvalue weighted by Gasteiger charge is 2.30. The van der Waals surface area contributed by atoms with Gasteiger partial charge in [-0.15, -0.1) is 0 Å². The van der Waals surface area contributed by atoms with E-state index in [1.807, 2.05) is 18.3 Å². The molecule has 1 aromatic carbocycles. The number of aromatic nitrogens is 3. The van der Waals surface area contributed by atoms with E-state index in [1.54, 1.807) is 0 Å². The molecule has 33 heavy (non-hydrogen) atoms. The van der Waals surface area contributed by atoms with Gasteiger partial charge in [-0.3, -0.25) is 4.40 Å². The van der Waals surface area contributed by atoms with Crippen LogP contribution in [0.15, 0.2) is 36.7 Å². The quantitative estimate of drug-likeness (QED) is 0.553. The van der Waals surface area contributed by atoms with Crippen molar-refractivity contribution in [3.8, 4) is 17.3 Å². The number of nitriles is 1. The molecule has 0 unspecified atom stereocenters. The van der Waals surface area contributed by atoms with Gasteiger partial charge in [0, 0.05) is 42.7 Å². The zero-order valence-electron chi connectivity index (χ0n) is 19.9. The number of hydrogen-bond acceptors (Lipinski definition) is 5. The van der Waals surface area contributed by atoms with Gasteiger partial charge < -0.3 is 9.80 Å². The van der Waals surface area contributed by atoms with E-state index >= 15 is 0 Å². The van der Waals surface area contributed by atoms with Crippen LogP contribution >= 0.6 is 0 Å². The van der Waals surface area contributed by atoms with E-state index in [0.717, 1.165) is 42.4 Å². The van der Waals surface area contributed by atoms with E-state index in [9.17, 15) is 5.26 Å². The minimum absolute atomic E-state index is 0.468. The lowest BCUT2D eigenvalue weighted by Crippen LogP contribution is -2.32. The Kier molecular flexibility index (Phi) is 6.32. The minimum atomic E-state index is 0.468. The summed E-state index contributed by atoms with van der Waals surface area (Å²) in [6.07, 6.45) is 14.1. The molecule has 0 N–H and O–H groups in total. The fourth-order valence-electron chi connectivity index (χ4n) is 5.60. The van der Waals surface area contributed by atoms with Crippen LogP contribution in [-0.2, 0) is 0 Å². The molecule has 2 aliphatic rings. The fraction of sp³-hybridized carbons (Fsp3) is 0.519. The van der Waals surface area contributed by atoms with Crippen LogP contribution in [-0.4, -0.2) is 52.5 Å². The molecule has 172 valence electrons. The highest BCUT2D eigenvalue weighted by atomic mass is 15.3. The van der Waals surface area contributed by atoms with Crippen LogP contribution in [0.5, 0.6) is 0 Å². The molecule has 6 nitrogen and oxygen atoms in total. The van der Waals surface area contributed by atoms with E-state index in [-0.39, 0.29) is 0 Å². The number of likely N-dealkylation sites (N-methyl/N-ethyl adjacent to an activating group) is 1. The van der Waals surface area contributed by atoms with Crippen LogP contribution in [0.4, 0.5) is 5.95 Å². The lowest BCUT2D eigenvalue weighted by atomic mass is 9.84. The number of imidazole rings is 1. The predicted octanol–water partition coefficient (Wildman–Crippen LogP) is 5.24. The standard InChI is InChI=1S/C27H34N6/c1-31(2)23-14-16-32(19-23)27-30-25(22-12-10-20(18-28)11-13-22)24(26-29-15-17-33(26)27)21-8-6-4-3-5-7-9-21/h10-13,15,17,21,23H,3-9,14,16,19H2,1-2H3/t23-/m1/s1. The van der Waals surface area contributed by atoms with Gasteiger partial charge in [-0.25, -0.2) is 9.97 Å². The van der Waals surface area contributed by atoms with E-state index in [2.05, 4.69) is 52.7 Å². The van der Waals surface area contributed by atoms with Gasteiger partial charge in [0.05, 0.1) is 17.3 Å². The van der Waals surface area contributed by atoms with E-state index < -0.39 is 0 Å². The number of fused-ring (bicyclic) bond motifs is 1. The van der Waals surface area contributed by atoms with Crippen molar-refractivity contribution in [1.82, 2.24) is 19.3 Å². The minimum Gasteiger partial charge on any atom is -0.340 e. The Morgan fingerprint density at radius 2 is 1.73 bits per heavy atom. The normalized spacial score (nSPS) is 20.2. The van der Waals surface area contributed by atoms with Gasteiger partial charge >= 0.3 is 0 Å². The average molecular weight is 443 g/mol. The number of benzene rings is 1. The van der Waals surface area contributed by atoms with Crippen LogP contribution in [0, 0.1) is 11.3 Å². The van der Waals surface area contributed by atoms with Crippen LogP contribution in [0.25, 0.3) is 16.9 Å². The van der Waals surface area contributed by atoms with E-state index in [4.69, 9.17) is 9.97 Å². The van der Waals surface area contributed by atoms with Crippen LogP contribution in [0.3, 0.4) is 0 Å². The summed E-state index contributed by atoms with van der Waals surface area (Å²) < 4.78 is 2.22. The fourth-order valence-corrected chi connectivity index (χ4v) is 5.60.